The fourth-order valence-corrected chi connectivity index (χ4v) is 2.65. The maximum Gasteiger partial charge on any atom is 0.219 e. The average molecular weight is 326 g/mol. The van der Waals surface area contributed by atoms with Gasteiger partial charge in [0.1, 0.15) is 11.6 Å². The molecule has 3 rings (SSSR count). The predicted molar refractivity (Wildman–Crippen MR) is 91.5 cm³/mol. The Labute approximate surface area is 141 Å². The highest BCUT2D eigenvalue weighted by Crippen LogP contribution is 2.20. The van der Waals surface area contributed by atoms with E-state index in [4.69, 9.17) is 9.47 Å². The molecule has 0 N–H and O–H groups in total. The van der Waals surface area contributed by atoms with Crippen LogP contribution in [-0.2, 0) is 12.8 Å². The van der Waals surface area contributed by atoms with Crippen molar-refractivity contribution in [1.82, 2.24) is 19.6 Å². The number of aromatic nitrogens is 4. The summed E-state index contributed by atoms with van der Waals surface area (Å²) in [6, 6.07) is 7.96. The summed E-state index contributed by atoms with van der Waals surface area (Å²) in [5.41, 5.74) is 1.83. The predicted octanol–water partition coefficient (Wildman–Crippen LogP) is 2.95. The lowest BCUT2D eigenvalue weighted by molar-refractivity contribution is 0.300. The lowest BCUT2D eigenvalue weighted by Gasteiger charge is -2.11. The topological polar surface area (TPSA) is 61.5 Å². The quantitative estimate of drug-likeness (QED) is 0.668. The number of para-hydroxylation sites is 1. The van der Waals surface area contributed by atoms with Gasteiger partial charge in [0.05, 0.1) is 26.1 Å². The minimum absolute atomic E-state index is 0.493. The first kappa shape index (κ1) is 16.2. The molecule has 0 bridgehead atoms. The maximum atomic E-state index is 5.97. The smallest absolute Gasteiger partial charge is 0.219 e. The molecule has 2 heterocycles. The first-order valence-corrected chi connectivity index (χ1v) is 8.11. The Morgan fingerprint density at radius 2 is 1.96 bits per heavy atom. The van der Waals surface area contributed by atoms with E-state index in [1.54, 1.807) is 19.5 Å². The molecule has 0 unspecified atom stereocenters. The largest absolute Gasteiger partial charge is 0.496 e. The Balaban J connectivity index is 1.76. The molecule has 0 aliphatic heterocycles. The van der Waals surface area contributed by atoms with Gasteiger partial charge >= 0.3 is 0 Å². The Kier molecular flexibility index (Phi) is 4.93. The molecule has 0 spiro atoms. The SMILES string of the molecule is COc1ccccc1CCOc1cncc2nnc(CC(C)C)n12. The maximum absolute atomic E-state index is 5.97. The molecule has 24 heavy (non-hydrogen) atoms. The van der Waals surface area contributed by atoms with Gasteiger partial charge in [-0.1, -0.05) is 32.0 Å². The molecule has 0 atom stereocenters. The highest BCUT2D eigenvalue weighted by atomic mass is 16.5. The average Bonchev–Trinajstić information content (AvgIpc) is 2.98. The third-order valence-corrected chi connectivity index (χ3v) is 3.76. The van der Waals surface area contributed by atoms with Gasteiger partial charge in [-0.2, -0.15) is 0 Å². The summed E-state index contributed by atoms with van der Waals surface area (Å²) in [4.78, 5) is 4.19. The standard InChI is InChI=1S/C18H22N4O2/c1-13(2)10-16-20-21-17-11-19-12-18(22(16)17)24-9-8-14-6-4-5-7-15(14)23-3/h4-7,11-13H,8-10H2,1-3H3. The fourth-order valence-electron chi connectivity index (χ4n) is 2.65. The van der Waals surface area contributed by atoms with E-state index in [2.05, 4.69) is 29.0 Å². The third kappa shape index (κ3) is 3.48. The molecule has 0 saturated carbocycles. The number of fused-ring (bicyclic) bond motifs is 1. The van der Waals surface area contributed by atoms with Gasteiger partial charge in [0.2, 0.25) is 5.88 Å². The number of hydrogen-bond donors (Lipinski definition) is 0. The number of benzene rings is 1. The van der Waals surface area contributed by atoms with Gasteiger partial charge in [-0.3, -0.25) is 4.98 Å². The van der Waals surface area contributed by atoms with Crippen molar-refractivity contribution in [1.29, 1.82) is 0 Å². The highest BCUT2D eigenvalue weighted by Gasteiger charge is 2.12. The number of methoxy groups -OCH3 is 1. The molecule has 0 saturated heterocycles. The van der Waals surface area contributed by atoms with Crippen molar-refractivity contribution >= 4 is 5.65 Å². The second kappa shape index (κ2) is 7.29. The molecule has 0 fully saturated rings. The number of rotatable bonds is 7. The van der Waals surface area contributed by atoms with Crippen molar-refractivity contribution in [3.05, 3.63) is 48.0 Å². The van der Waals surface area contributed by atoms with Crippen molar-refractivity contribution in [2.45, 2.75) is 26.7 Å². The van der Waals surface area contributed by atoms with E-state index in [1.165, 1.54) is 0 Å². The first-order chi connectivity index (χ1) is 11.7. The summed E-state index contributed by atoms with van der Waals surface area (Å²) in [6.07, 6.45) is 5.00. The zero-order valence-electron chi connectivity index (χ0n) is 14.3. The number of hydrogen-bond acceptors (Lipinski definition) is 5. The van der Waals surface area contributed by atoms with E-state index >= 15 is 0 Å². The molecule has 0 amide bonds. The van der Waals surface area contributed by atoms with Crippen molar-refractivity contribution in [2.24, 2.45) is 5.92 Å². The Bertz CT molecular complexity index is 814. The summed E-state index contributed by atoms with van der Waals surface area (Å²) < 4.78 is 13.3. The van der Waals surface area contributed by atoms with Gasteiger partial charge in [-0.05, 0) is 17.5 Å². The van der Waals surface area contributed by atoms with Gasteiger partial charge in [0.15, 0.2) is 5.65 Å². The summed E-state index contributed by atoms with van der Waals surface area (Å²) in [5.74, 6) is 2.94. The monoisotopic (exact) mass is 326 g/mol. The van der Waals surface area contributed by atoms with Crippen LogP contribution in [0, 0.1) is 5.92 Å². The number of nitrogens with zero attached hydrogens (tertiary/aromatic N) is 4. The molecule has 6 heteroatoms. The van der Waals surface area contributed by atoms with Crippen molar-refractivity contribution in [2.75, 3.05) is 13.7 Å². The normalized spacial score (nSPS) is 11.2. The van der Waals surface area contributed by atoms with Crippen LogP contribution in [0.3, 0.4) is 0 Å². The van der Waals surface area contributed by atoms with Crippen LogP contribution >= 0.6 is 0 Å². The summed E-state index contributed by atoms with van der Waals surface area (Å²) in [5, 5.41) is 8.44. The van der Waals surface area contributed by atoms with Crippen LogP contribution in [0.1, 0.15) is 25.2 Å². The van der Waals surface area contributed by atoms with E-state index in [1.807, 2.05) is 28.7 Å². The minimum Gasteiger partial charge on any atom is -0.496 e. The van der Waals surface area contributed by atoms with Crippen LogP contribution in [0.5, 0.6) is 11.6 Å². The highest BCUT2D eigenvalue weighted by molar-refractivity contribution is 5.38. The first-order valence-electron chi connectivity index (χ1n) is 8.11. The molecule has 0 radical (unpaired) electrons. The molecule has 0 aliphatic carbocycles. The van der Waals surface area contributed by atoms with Crippen LogP contribution in [0.2, 0.25) is 0 Å². The van der Waals surface area contributed by atoms with Gasteiger partial charge < -0.3 is 9.47 Å². The molecule has 126 valence electrons. The van der Waals surface area contributed by atoms with E-state index in [0.717, 1.165) is 30.0 Å². The second-order valence-corrected chi connectivity index (χ2v) is 6.06. The van der Waals surface area contributed by atoms with Gasteiger partial charge in [-0.15, -0.1) is 10.2 Å². The molecular formula is C18H22N4O2. The van der Waals surface area contributed by atoms with Gasteiger partial charge in [0, 0.05) is 12.8 Å². The molecule has 1 aromatic carbocycles. The molecule has 3 aromatic rings. The van der Waals surface area contributed by atoms with Gasteiger partial charge in [0.25, 0.3) is 0 Å². The summed E-state index contributed by atoms with van der Waals surface area (Å²) >= 11 is 0. The van der Waals surface area contributed by atoms with E-state index in [0.29, 0.717) is 24.1 Å². The van der Waals surface area contributed by atoms with Crippen molar-refractivity contribution < 1.29 is 9.47 Å². The molecule has 2 aromatic heterocycles. The van der Waals surface area contributed by atoms with Gasteiger partial charge in [-0.25, -0.2) is 4.40 Å². The summed E-state index contributed by atoms with van der Waals surface area (Å²) in [7, 11) is 1.68. The Hall–Kier alpha value is -2.63. The van der Waals surface area contributed by atoms with E-state index in [9.17, 15) is 0 Å². The minimum atomic E-state index is 0.493. The third-order valence-electron chi connectivity index (χ3n) is 3.76. The second-order valence-electron chi connectivity index (χ2n) is 6.06. The van der Waals surface area contributed by atoms with Crippen LogP contribution < -0.4 is 9.47 Å². The van der Waals surface area contributed by atoms with Crippen LogP contribution in [0.25, 0.3) is 5.65 Å². The van der Waals surface area contributed by atoms with Crippen LogP contribution in [-0.4, -0.2) is 33.3 Å². The lowest BCUT2D eigenvalue weighted by atomic mass is 10.1. The number of ether oxygens (including phenoxy) is 2. The molecule has 0 aliphatic rings. The fraction of sp³-hybridized carbons (Fsp3) is 0.389. The Morgan fingerprint density at radius 3 is 2.75 bits per heavy atom. The van der Waals surface area contributed by atoms with E-state index < -0.39 is 0 Å². The van der Waals surface area contributed by atoms with Crippen LogP contribution in [0.4, 0.5) is 0 Å². The van der Waals surface area contributed by atoms with Crippen LogP contribution in [0.15, 0.2) is 36.7 Å². The zero-order chi connectivity index (χ0) is 16.9. The lowest BCUT2D eigenvalue weighted by Crippen LogP contribution is -2.08. The van der Waals surface area contributed by atoms with E-state index in [-0.39, 0.29) is 0 Å². The zero-order valence-corrected chi connectivity index (χ0v) is 14.3. The molecule has 6 nitrogen and oxygen atoms in total. The van der Waals surface area contributed by atoms with Crippen molar-refractivity contribution in [3.8, 4) is 11.6 Å². The van der Waals surface area contributed by atoms with Crippen molar-refractivity contribution in [3.63, 3.8) is 0 Å². The molecular weight excluding hydrogens is 304 g/mol. The Morgan fingerprint density at radius 1 is 1.12 bits per heavy atom. The summed E-state index contributed by atoms with van der Waals surface area (Å²) in [6.45, 7) is 4.84.